The van der Waals surface area contributed by atoms with Gasteiger partial charge in [0.2, 0.25) is 0 Å². The summed E-state index contributed by atoms with van der Waals surface area (Å²) in [6.45, 7) is 2.11. The number of thioether (sulfide) groups is 1. The largest absolute Gasteiger partial charge is 0.314 e. The molecule has 5 heteroatoms. The second-order valence-electron chi connectivity index (χ2n) is 9.35. The number of carbonyl (C=O) groups excluding carboxylic acids is 1. The maximum absolute atomic E-state index is 13.7. The van der Waals surface area contributed by atoms with Crippen LogP contribution in [-0.4, -0.2) is 32.6 Å². The molecule has 0 spiro atoms. The van der Waals surface area contributed by atoms with E-state index in [0.29, 0.717) is 12.1 Å². The summed E-state index contributed by atoms with van der Waals surface area (Å²) in [6, 6.07) is 15.3. The molecule has 4 nitrogen and oxygen atoms in total. The second kappa shape index (κ2) is 9.70. The predicted molar refractivity (Wildman–Crippen MR) is 134 cm³/mol. The standard InChI is InChI=1S/C27H33N3OS/c1-20-17-18-24(29(20)22-13-7-3-8-14-22)19-25-26(31)30(23-15-9-4-10-16-23)27(32-25)28-21-11-5-2-6-12-21/h3,7-8,13-14,17-19,21,23H,2,4-6,9-12,15-16H2,1H3/b25-19-,28-27?. The van der Waals surface area contributed by atoms with Crippen LogP contribution in [0.2, 0.25) is 0 Å². The zero-order chi connectivity index (χ0) is 21.9. The fourth-order valence-corrected chi connectivity index (χ4v) is 6.43. The number of amidine groups is 1. The van der Waals surface area contributed by atoms with Gasteiger partial charge in [-0.25, -0.2) is 0 Å². The minimum absolute atomic E-state index is 0.148. The molecule has 1 aromatic heterocycles. The molecule has 0 bridgehead atoms. The lowest BCUT2D eigenvalue weighted by Gasteiger charge is -2.31. The highest BCUT2D eigenvalue weighted by atomic mass is 32.2. The fourth-order valence-electron chi connectivity index (χ4n) is 5.34. The lowest BCUT2D eigenvalue weighted by Crippen LogP contribution is -2.41. The molecular formula is C27H33N3OS. The minimum atomic E-state index is 0.148. The third-order valence-corrected chi connectivity index (χ3v) is 8.04. The molecule has 5 rings (SSSR count). The monoisotopic (exact) mass is 447 g/mol. The van der Waals surface area contributed by atoms with E-state index in [1.165, 1.54) is 44.2 Å². The van der Waals surface area contributed by atoms with Gasteiger partial charge < -0.3 is 4.57 Å². The Labute approximate surface area is 195 Å². The Morgan fingerprint density at radius 1 is 0.906 bits per heavy atom. The number of aryl methyl sites for hydroxylation is 1. The van der Waals surface area contributed by atoms with E-state index >= 15 is 0 Å². The minimum Gasteiger partial charge on any atom is -0.314 e. The van der Waals surface area contributed by atoms with Gasteiger partial charge in [0.05, 0.1) is 10.9 Å². The van der Waals surface area contributed by atoms with Crippen LogP contribution >= 0.6 is 11.8 Å². The Morgan fingerprint density at radius 3 is 2.31 bits per heavy atom. The number of rotatable bonds is 4. The molecule has 0 radical (unpaired) electrons. The summed E-state index contributed by atoms with van der Waals surface area (Å²) in [7, 11) is 0. The van der Waals surface area contributed by atoms with Crippen molar-refractivity contribution in [3.63, 3.8) is 0 Å². The van der Waals surface area contributed by atoms with Gasteiger partial charge in [-0.1, -0.05) is 56.7 Å². The van der Waals surface area contributed by atoms with Crippen molar-refractivity contribution in [2.24, 2.45) is 4.99 Å². The molecule has 0 unspecified atom stereocenters. The Bertz CT molecular complexity index is 1010. The molecule has 2 heterocycles. The third-order valence-electron chi connectivity index (χ3n) is 7.04. The van der Waals surface area contributed by atoms with Crippen molar-refractivity contribution in [2.45, 2.75) is 83.2 Å². The summed E-state index contributed by atoms with van der Waals surface area (Å²) in [5.41, 5.74) is 3.34. The number of aromatic nitrogens is 1. The summed E-state index contributed by atoms with van der Waals surface area (Å²) in [4.78, 5) is 21.7. The Balaban J connectivity index is 1.49. The first kappa shape index (κ1) is 21.6. The number of hydrogen-bond donors (Lipinski definition) is 0. The molecule has 3 fully saturated rings. The van der Waals surface area contributed by atoms with Gasteiger partial charge in [-0.3, -0.25) is 14.7 Å². The first-order valence-electron chi connectivity index (χ1n) is 12.3. The molecule has 2 saturated carbocycles. The lowest BCUT2D eigenvalue weighted by atomic mass is 9.94. The first-order valence-corrected chi connectivity index (χ1v) is 13.1. The number of carbonyl (C=O) groups is 1. The number of hydrogen-bond acceptors (Lipinski definition) is 3. The zero-order valence-electron chi connectivity index (χ0n) is 19.0. The number of benzene rings is 1. The second-order valence-corrected chi connectivity index (χ2v) is 10.4. The average molecular weight is 448 g/mol. The summed E-state index contributed by atoms with van der Waals surface area (Å²) in [5.74, 6) is 0.148. The van der Waals surface area contributed by atoms with Crippen molar-refractivity contribution in [1.82, 2.24) is 9.47 Å². The molecule has 0 atom stereocenters. The van der Waals surface area contributed by atoms with Crippen LogP contribution < -0.4 is 0 Å². The van der Waals surface area contributed by atoms with E-state index in [1.54, 1.807) is 11.8 Å². The Kier molecular flexibility index (Phi) is 6.54. The van der Waals surface area contributed by atoms with E-state index in [0.717, 1.165) is 47.1 Å². The topological polar surface area (TPSA) is 37.6 Å². The molecule has 1 aliphatic heterocycles. The van der Waals surface area contributed by atoms with Gasteiger partial charge in [0.1, 0.15) is 0 Å². The maximum Gasteiger partial charge on any atom is 0.267 e. The molecular weight excluding hydrogens is 414 g/mol. The maximum atomic E-state index is 13.7. The van der Waals surface area contributed by atoms with Gasteiger partial charge in [-0.05, 0) is 74.7 Å². The summed E-state index contributed by atoms with van der Waals surface area (Å²) in [6.07, 6.45) is 14.1. The third kappa shape index (κ3) is 4.45. The van der Waals surface area contributed by atoms with E-state index in [1.807, 2.05) is 6.07 Å². The molecule has 1 amide bonds. The predicted octanol–water partition coefficient (Wildman–Crippen LogP) is 6.72. The summed E-state index contributed by atoms with van der Waals surface area (Å²) in [5, 5.41) is 0.953. The van der Waals surface area contributed by atoms with Gasteiger partial charge in [0.15, 0.2) is 5.17 Å². The molecule has 1 saturated heterocycles. The number of para-hydroxylation sites is 1. The van der Waals surface area contributed by atoms with Crippen LogP contribution in [0, 0.1) is 6.92 Å². The number of amides is 1. The van der Waals surface area contributed by atoms with Crippen molar-refractivity contribution >= 4 is 28.9 Å². The van der Waals surface area contributed by atoms with Gasteiger partial charge in [-0.2, -0.15) is 0 Å². The SMILES string of the molecule is Cc1ccc(/C=C2\SC(=NC3CCCCC3)N(C3CCCCC3)C2=O)n1-c1ccccc1. The van der Waals surface area contributed by atoms with Gasteiger partial charge >= 0.3 is 0 Å². The van der Waals surface area contributed by atoms with Crippen LogP contribution in [0.15, 0.2) is 52.4 Å². The van der Waals surface area contributed by atoms with Crippen molar-refractivity contribution < 1.29 is 4.79 Å². The smallest absolute Gasteiger partial charge is 0.267 e. The Hall–Kier alpha value is -2.27. The van der Waals surface area contributed by atoms with Crippen LogP contribution in [0.5, 0.6) is 0 Å². The number of aliphatic imine (C=N–C) groups is 1. The highest BCUT2D eigenvalue weighted by Crippen LogP contribution is 2.38. The normalized spacial score (nSPS) is 23.5. The first-order chi connectivity index (χ1) is 15.7. The van der Waals surface area contributed by atoms with Crippen LogP contribution in [-0.2, 0) is 4.79 Å². The van der Waals surface area contributed by atoms with Crippen LogP contribution in [0.4, 0.5) is 0 Å². The molecule has 3 aliphatic rings. The zero-order valence-corrected chi connectivity index (χ0v) is 19.8. The molecule has 168 valence electrons. The molecule has 1 aromatic carbocycles. The Morgan fingerprint density at radius 2 is 1.59 bits per heavy atom. The fraction of sp³-hybridized carbons (Fsp3) is 0.481. The van der Waals surface area contributed by atoms with E-state index in [4.69, 9.17) is 4.99 Å². The quantitative estimate of drug-likeness (QED) is 0.488. The van der Waals surface area contributed by atoms with Crippen molar-refractivity contribution in [1.29, 1.82) is 0 Å². The van der Waals surface area contributed by atoms with Gasteiger partial charge in [0.25, 0.3) is 5.91 Å². The number of nitrogens with zero attached hydrogens (tertiary/aromatic N) is 3. The molecule has 0 N–H and O–H groups in total. The van der Waals surface area contributed by atoms with E-state index in [9.17, 15) is 4.79 Å². The van der Waals surface area contributed by atoms with Crippen molar-refractivity contribution in [2.75, 3.05) is 0 Å². The van der Waals surface area contributed by atoms with Crippen LogP contribution in [0.25, 0.3) is 11.8 Å². The summed E-state index contributed by atoms with van der Waals surface area (Å²) < 4.78 is 2.22. The van der Waals surface area contributed by atoms with Gasteiger partial charge in [-0.15, -0.1) is 0 Å². The van der Waals surface area contributed by atoms with Crippen LogP contribution in [0.1, 0.15) is 75.6 Å². The molecule has 32 heavy (non-hydrogen) atoms. The van der Waals surface area contributed by atoms with E-state index in [2.05, 4.69) is 58.9 Å². The molecule has 2 aromatic rings. The van der Waals surface area contributed by atoms with Crippen LogP contribution in [0.3, 0.4) is 0 Å². The van der Waals surface area contributed by atoms with E-state index < -0.39 is 0 Å². The van der Waals surface area contributed by atoms with Gasteiger partial charge in [0, 0.05) is 23.1 Å². The highest BCUT2D eigenvalue weighted by molar-refractivity contribution is 8.18. The van der Waals surface area contributed by atoms with Crippen molar-refractivity contribution in [3.05, 3.63) is 58.8 Å². The van der Waals surface area contributed by atoms with E-state index in [-0.39, 0.29) is 5.91 Å². The molecule has 2 aliphatic carbocycles. The highest BCUT2D eigenvalue weighted by Gasteiger charge is 2.39. The average Bonchev–Trinajstić information content (AvgIpc) is 3.34. The van der Waals surface area contributed by atoms with Crippen molar-refractivity contribution in [3.8, 4) is 5.69 Å². The lowest BCUT2D eigenvalue weighted by molar-refractivity contribution is -0.124. The summed E-state index contributed by atoms with van der Waals surface area (Å²) >= 11 is 1.60.